The van der Waals surface area contributed by atoms with E-state index in [1.54, 1.807) is 19.1 Å². The molecule has 1 fully saturated rings. The summed E-state index contributed by atoms with van der Waals surface area (Å²) < 4.78 is 16.6. The second-order valence-corrected chi connectivity index (χ2v) is 7.35. The van der Waals surface area contributed by atoms with Gasteiger partial charge in [0, 0.05) is 19.1 Å². The number of hydrogen-bond donors (Lipinski definition) is 2. The molecule has 0 aromatic heterocycles. The van der Waals surface area contributed by atoms with Crippen LogP contribution in [-0.4, -0.2) is 48.1 Å². The molecule has 30 heavy (non-hydrogen) atoms. The van der Waals surface area contributed by atoms with Crippen LogP contribution in [0.4, 0.5) is 0 Å². The molecular weight excluding hydrogens is 386 g/mol. The van der Waals surface area contributed by atoms with Crippen LogP contribution in [0.1, 0.15) is 25.8 Å². The largest absolute Gasteiger partial charge is 0.466 e. The van der Waals surface area contributed by atoms with Crippen molar-refractivity contribution in [1.82, 2.24) is 5.32 Å². The molecule has 1 spiro atoms. The summed E-state index contributed by atoms with van der Waals surface area (Å²) in [6, 6.07) is 9.14. The maximum Gasteiger partial charge on any atom is 0.279 e. The smallest absolute Gasteiger partial charge is 0.279 e. The first kappa shape index (κ1) is 22.0. The summed E-state index contributed by atoms with van der Waals surface area (Å²) >= 11 is 0. The summed E-state index contributed by atoms with van der Waals surface area (Å²) in [5.74, 6) is -1.01. The number of Topliss-reactive ketones (excluding diaryl/α,β-unsaturated/α-hetero) is 1. The van der Waals surface area contributed by atoms with Gasteiger partial charge in [-0.15, -0.1) is 0 Å². The number of hydrogen-bond acceptors (Lipinski definition) is 6. The Morgan fingerprint density at radius 1 is 1.23 bits per heavy atom. The van der Waals surface area contributed by atoms with Crippen LogP contribution >= 0.6 is 0 Å². The fraction of sp³-hybridized carbons (Fsp3) is 0.391. The first-order chi connectivity index (χ1) is 14.4. The maximum atomic E-state index is 13.2. The van der Waals surface area contributed by atoms with Crippen LogP contribution in [0.15, 0.2) is 66.0 Å². The van der Waals surface area contributed by atoms with E-state index < -0.39 is 29.1 Å². The fourth-order valence-electron chi connectivity index (χ4n) is 3.77. The van der Waals surface area contributed by atoms with E-state index >= 15 is 0 Å². The molecule has 2 N–H and O–H groups in total. The molecule has 0 bridgehead atoms. The van der Waals surface area contributed by atoms with Crippen LogP contribution in [-0.2, 0) is 30.2 Å². The van der Waals surface area contributed by atoms with Crippen molar-refractivity contribution in [1.29, 1.82) is 0 Å². The monoisotopic (exact) mass is 413 g/mol. The molecule has 7 nitrogen and oxygen atoms in total. The Morgan fingerprint density at radius 2 is 1.97 bits per heavy atom. The van der Waals surface area contributed by atoms with E-state index in [4.69, 9.17) is 14.2 Å². The van der Waals surface area contributed by atoms with Gasteiger partial charge in [0.25, 0.3) is 11.5 Å². The normalized spacial score (nSPS) is 28.9. The third kappa shape index (κ3) is 3.84. The number of ketones is 1. The summed E-state index contributed by atoms with van der Waals surface area (Å²) in [6.45, 7) is 3.38. The quantitative estimate of drug-likeness (QED) is 0.385. The molecule has 2 aliphatic rings. The molecule has 1 saturated heterocycles. The summed E-state index contributed by atoms with van der Waals surface area (Å²) in [5.41, 5.74) is -2.81. The standard InChI is InChI=1S/C23H27NO6/c1-4-5-6-10-13-18-16(2)19(25)23(30-18)20(29-15-28-3)22(27,24-21(23)26)14-17-11-8-7-9-12-17/h5-13,20,27H,4,14-15H2,1-3H3,(H,24,26)/b6-5+,13-10+/t20-,22+,23+/m0/s1. The Labute approximate surface area is 176 Å². The van der Waals surface area contributed by atoms with Gasteiger partial charge >= 0.3 is 0 Å². The third-order valence-corrected chi connectivity index (χ3v) is 5.19. The lowest BCUT2D eigenvalue weighted by Crippen LogP contribution is -2.58. The van der Waals surface area contributed by atoms with Gasteiger partial charge in [-0.25, -0.2) is 0 Å². The minimum Gasteiger partial charge on any atom is -0.466 e. The molecule has 0 radical (unpaired) electrons. The van der Waals surface area contributed by atoms with Crippen LogP contribution in [0.2, 0.25) is 0 Å². The van der Waals surface area contributed by atoms with Crippen LogP contribution in [0.5, 0.6) is 0 Å². The van der Waals surface area contributed by atoms with Crippen molar-refractivity contribution in [3.8, 4) is 0 Å². The minimum atomic E-state index is -2.01. The second kappa shape index (κ2) is 8.95. The van der Waals surface area contributed by atoms with Gasteiger partial charge in [-0.05, 0) is 25.0 Å². The van der Waals surface area contributed by atoms with Crippen molar-refractivity contribution in [3.63, 3.8) is 0 Å². The Kier molecular flexibility index (Phi) is 6.55. The number of carbonyl (C=O) groups excluding carboxylic acids is 2. The van der Waals surface area contributed by atoms with Gasteiger partial charge in [0.15, 0.2) is 11.8 Å². The van der Waals surface area contributed by atoms with Gasteiger partial charge in [0.1, 0.15) is 12.6 Å². The topological polar surface area (TPSA) is 94.1 Å². The zero-order chi connectivity index (χ0) is 21.8. The first-order valence-electron chi connectivity index (χ1n) is 9.86. The molecule has 160 valence electrons. The fourth-order valence-corrected chi connectivity index (χ4v) is 3.77. The minimum absolute atomic E-state index is 0.0375. The number of ether oxygens (including phenoxy) is 3. The van der Waals surface area contributed by atoms with E-state index in [2.05, 4.69) is 5.32 Å². The zero-order valence-corrected chi connectivity index (χ0v) is 17.4. The number of aliphatic hydroxyl groups is 1. The van der Waals surface area contributed by atoms with Crippen LogP contribution in [0.3, 0.4) is 0 Å². The lowest BCUT2D eigenvalue weighted by Gasteiger charge is -2.33. The summed E-state index contributed by atoms with van der Waals surface area (Å²) in [5, 5.41) is 13.9. The Bertz CT molecular complexity index is 890. The number of benzene rings is 1. The van der Waals surface area contributed by atoms with Crippen molar-refractivity contribution in [3.05, 3.63) is 71.5 Å². The molecule has 2 heterocycles. The molecule has 0 unspecified atom stereocenters. The van der Waals surface area contributed by atoms with Crippen molar-refractivity contribution < 1.29 is 28.9 Å². The highest BCUT2D eigenvalue weighted by molar-refractivity contribution is 6.20. The predicted molar refractivity (Wildman–Crippen MR) is 110 cm³/mol. The Hall–Kier alpha value is -2.74. The Balaban J connectivity index is 1.96. The van der Waals surface area contributed by atoms with E-state index in [0.717, 1.165) is 12.0 Å². The molecule has 3 atom stereocenters. The zero-order valence-electron chi connectivity index (χ0n) is 17.4. The van der Waals surface area contributed by atoms with Gasteiger partial charge in [0.05, 0.1) is 0 Å². The van der Waals surface area contributed by atoms with E-state index in [1.807, 2.05) is 49.4 Å². The molecule has 1 aromatic carbocycles. The van der Waals surface area contributed by atoms with Crippen molar-refractivity contribution in [2.24, 2.45) is 0 Å². The number of nitrogens with one attached hydrogen (secondary N) is 1. The number of amides is 1. The molecule has 0 saturated carbocycles. The van der Waals surface area contributed by atoms with Gasteiger partial charge in [-0.1, -0.05) is 55.5 Å². The molecule has 1 aromatic rings. The van der Waals surface area contributed by atoms with Gasteiger partial charge in [-0.2, -0.15) is 0 Å². The average molecular weight is 413 g/mol. The van der Waals surface area contributed by atoms with Crippen molar-refractivity contribution in [2.45, 2.75) is 44.1 Å². The van der Waals surface area contributed by atoms with Gasteiger partial charge < -0.3 is 24.6 Å². The summed E-state index contributed by atoms with van der Waals surface area (Å²) in [7, 11) is 1.42. The molecule has 2 aliphatic heterocycles. The van der Waals surface area contributed by atoms with E-state index in [0.29, 0.717) is 5.57 Å². The Morgan fingerprint density at radius 3 is 2.63 bits per heavy atom. The van der Waals surface area contributed by atoms with Gasteiger partial charge in [0.2, 0.25) is 5.78 Å². The van der Waals surface area contributed by atoms with Crippen LogP contribution in [0.25, 0.3) is 0 Å². The van der Waals surface area contributed by atoms with Crippen LogP contribution in [0, 0.1) is 0 Å². The molecule has 1 amide bonds. The highest BCUT2D eigenvalue weighted by atomic mass is 16.7. The molecular formula is C23H27NO6. The maximum absolute atomic E-state index is 13.2. The lowest BCUT2D eigenvalue weighted by molar-refractivity contribution is -0.197. The highest BCUT2D eigenvalue weighted by Crippen LogP contribution is 2.43. The lowest BCUT2D eigenvalue weighted by atomic mass is 9.85. The first-order valence-corrected chi connectivity index (χ1v) is 9.86. The third-order valence-electron chi connectivity index (χ3n) is 5.19. The van der Waals surface area contributed by atoms with Crippen molar-refractivity contribution in [2.75, 3.05) is 13.9 Å². The van der Waals surface area contributed by atoms with Crippen LogP contribution < -0.4 is 5.32 Å². The SMILES string of the molecule is CC/C=C/C=C/C1=C(C)C(=O)[C@]2(O1)C(=O)N[C@@](O)(Cc1ccccc1)[C@@H]2OCOC. The van der Waals surface area contributed by atoms with Crippen molar-refractivity contribution >= 4 is 11.7 Å². The number of allylic oxidation sites excluding steroid dienone is 4. The molecule has 3 rings (SSSR count). The predicted octanol–water partition coefficient (Wildman–Crippen LogP) is 2.17. The van der Waals surface area contributed by atoms with Gasteiger partial charge in [-0.3, -0.25) is 9.59 Å². The van der Waals surface area contributed by atoms with E-state index in [-0.39, 0.29) is 19.0 Å². The number of methoxy groups -OCH3 is 1. The average Bonchev–Trinajstić information content (AvgIpc) is 3.09. The highest BCUT2D eigenvalue weighted by Gasteiger charge is 2.71. The number of rotatable bonds is 8. The molecule has 7 heteroatoms. The number of carbonyl (C=O) groups is 2. The van der Waals surface area contributed by atoms with E-state index in [9.17, 15) is 14.7 Å². The summed E-state index contributed by atoms with van der Waals surface area (Å²) in [6.07, 6.45) is 6.75. The van der Waals surface area contributed by atoms with E-state index in [1.165, 1.54) is 7.11 Å². The second-order valence-electron chi connectivity index (χ2n) is 7.35. The molecule has 0 aliphatic carbocycles. The summed E-state index contributed by atoms with van der Waals surface area (Å²) in [4.78, 5) is 26.3.